The van der Waals surface area contributed by atoms with Gasteiger partial charge in [-0.3, -0.25) is 9.69 Å². The summed E-state index contributed by atoms with van der Waals surface area (Å²) in [4.78, 5) is 18.4. The molecule has 0 saturated carbocycles. The minimum absolute atomic E-state index is 0.135. The summed E-state index contributed by atoms with van der Waals surface area (Å²) in [5.41, 5.74) is 2.12. The van der Waals surface area contributed by atoms with Crippen LogP contribution >= 0.6 is 11.8 Å². The highest BCUT2D eigenvalue weighted by Gasteiger charge is 2.22. The SMILES string of the molecule is CSc1ccc(CN2CCC(Oc3cccc(C(=O)N4CCCC4)c3)CC2)cc1. The van der Waals surface area contributed by atoms with E-state index >= 15 is 0 Å². The van der Waals surface area contributed by atoms with Gasteiger partial charge in [0.1, 0.15) is 11.9 Å². The van der Waals surface area contributed by atoms with Crippen molar-refractivity contribution in [3.8, 4) is 5.75 Å². The molecular weight excluding hydrogens is 380 g/mol. The first kappa shape index (κ1) is 20.3. The van der Waals surface area contributed by atoms with Crippen molar-refractivity contribution in [2.45, 2.75) is 43.2 Å². The van der Waals surface area contributed by atoms with Crippen molar-refractivity contribution in [3.63, 3.8) is 0 Å². The number of piperidine rings is 1. The molecule has 154 valence electrons. The number of nitrogens with zero attached hydrogens (tertiary/aromatic N) is 2. The van der Waals surface area contributed by atoms with Gasteiger partial charge in [0, 0.05) is 43.2 Å². The summed E-state index contributed by atoms with van der Waals surface area (Å²) in [6, 6.07) is 16.6. The molecule has 2 heterocycles. The third kappa shape index (κ3) is 5.34. The van der Waals surface area contributed by atoms with Crippen LogP contribution in [0, 0.1) is 0 Å². The van der Waals surface area contributed by atoms with E-state index in [1.165, 1.54) is 10.5 Å². The molecule has 0 unspecified atom stereocenters. The highest BCUT2D eigenvalue weighted by molar-refractivity contribution is 7.98. The van der Waals surface area contributed by atoms with Gasteiger partial charge in [-0.15, -0.1) is 11.8 Å². The van der Waals surface area contributed by atoms with E-state index in [2.05, 4.69) is 35.4 Å². The van der Waals surface area contributed by atoms with Crippen LogP contribution in [-0.4, -0.2) is 54.2 Å². The Bertz CT molecular complexity index is 810. The van der Waals surface area contributed by atoms with Crippen LogP contribution in [0.1, 0.15) is 41.6 Å². The minimum atomic E-state index is 0.135. The maximum atomic E-state index is 12.6. The molecule has 2 aliphatic rings. The van der Waals surface area contributed by atoms with Gasteiger partial charge in [-0.1, -0.05) is 18.2 Å². The number of amides is 1. The van der Waals surface area contributed by atoms with Crippen molar-refractivity contribution in [3.05, 3.63) is 59.7 Å². The Labute approximate surface area is 178 Å². The minimum Gasteiger partial charge on any atom is -0.490 e. The number of carbonyl (C=O) groups excluding carboxylic acids is 1. The molecule has 0 N–H and O–H groups in total. The van der Waals surface area contributed by atoms with Crippen LogP contribution in [0.3, 0.4) is 0 Å². The maximum Gasteiger partial charge on any atom is 0.253 e. The number of hydrogen-bond acceptors (Lipinski definition) is 4. The molecule has 2 aliphatic heterocycles. The van der Waals surface area contributed by atoms with Crippen LogP contribution in [-0.2, 0) is 6.54 Å². The molecule has 0 bridgehead atoms. The second kappa shape index (κ2) is 9.68. The lowest BCUT2D eigenvalue weighted by molar-refractivity contribution is 0.0789. The number of carbonyl (C=O) groups is 1. The van der Waals surface area contributed by atoms with Crippen molar-refractivity contribution in [2.75, 3.05) is 32.4 Å². The number of ether oxygens (including phenoxy) is 1. The van der Waals surface area contributed by atoms with E-state index in [0.29, 0.717) is 0 Å². The zero-order chi connectivity index (χ0) is 20.1. The van der Waals surface area contributed by atoms with Gasteiger partial charge in [-0.2, -0.15) is 0 Å². The van der Waals surface area contributed by atoms with Gasteiger partial charge in [-0.25, -0.2) is 0 Å². The average Bonchev–Trinajstić information content (AvgIpc) is 3.30. The third-order valence-electron chi connectivity index (χ3n) is 5.88. The van der Waals surface area contributed by atoms with E-state index in [0.717, 1.165) is 69.7 Å². The quantitative estimate of drug-likeness (QED) is 0.647. The van der Waals surface area contributed by atoms with Crippen molar-refractivity contribution in [1.82, 2.24) is 9.80 Å². The van der Waals surface area contributed by atoms with E-state index in [-0.39, 0.29) is 12.0 Å². The fourth-order valence-electron chi connectivity index (χ4n) is 4.17. The second-order valence-electron chi connectivity index (χ2n) is 7.97. The highest BCUT2D eigenvalue weighted by atomic mass is 32.2. The molecule has 0 aliphatic carbocycles. The zero-order valence-corrected chi connectivity index (χ0v) is 18.0. The average molecular weight is 411 g/mol. The number of hydrogen-bond donors (Lipinski definition) is 0. The summed E-state index contributed by atoms with van der Waals surface area (Å²) in [6.45, 7) is 4.84. The largest absolute Gasteiger partial charge is 0.490 e. The topological polar surface area (TPSA) is 32.8 Å². The van der Waals surface area contributed by atoms with Crippen molar-refractivity contribution in [2.24, 2.45) is 0 Å². The molecule has 2 aromatic carbocycles. The van der Waals surface area contributed by atoms with Gasteiger partial charge < -0.3 is 9.64 Å². The number of likely N-dealkylation sites (tertiary alicyclic amines) is 2. The monoisotopic (exact) mass is 410 g/mol. The van der Waals surface area contributed by atoms with Gasteiger partial charge >= 0.3 is 0 Å². The second-order valence-corrected chi connectivity index (χ2v) is 8.85. The van der Waals surface area contributed by atoms with Crippen molar-refractivity contribution in [1.29, 1.82) is 0 Å². The first-order chi connectivity index (χ1) is 14.2. The zero-order valence-electron chi connectivity index (χ0n) is 17.2. The first-order valence-corrected chi connectivity index (χ1v) is 11.8. The van der Waals surface area contributed by atoms with E-state index in [1.54, 1.807) is 11.8 Å². The predicted octanol–water partition coefficient (Wildman–Crippen LogP) is 4.69. The van der Waals surface area contributed by atoms with Crippen LogP contribution in [0.15, 0.2) is 53.4 Å². The van der Waals surface area contributed by atoms with E-state index in [4.69, 9.17) is 4.74 Å². The lowest BCUT2D eigenvalue weighted by Gasteiger charge is -2.32. The molecular formula is C24H30N2O2S. The molecule has 4 nitrogen and oxygen atoms in total. The maximum absolute atomic E-state index is 12.6. The van der Waals surface area contributed by atoms with Crippen LogP contribution in [0.2, 0.25) is 0 Å². The predicted molar refractivity (Wildman–Crippen MR) is 119 cm³/mol. The van der Waals surface area contributed by atoms with Crippen LogP contribution in [0.4, 0.5) is 0 Å². The fraction of sp³-hybridized carbons (Fsp3) is 0.458. The van der Waals surface area contributed by atoms with Gasteiger partial charge in [0.2, 0.25) is 0 Å². The molecule has 5 heteroatoms. The molecule has 0 atom stereocenters. The van der Waals surface area contributed by atoms with E-state index in [1.807, 2.05) is 29.2 Å². The number of thioether (sulfide) groups is 1. The summed E-state index contributed by atoms with van der Waals surface area (Å²) in [7, 11) is 0. The summed E-state index contributed by atoms with van der Waals surface area (Å²) >= 11 is 1.78. The smallest absolute Gasteiger partial charge is 0.253 e. The molecule has 0 aromatic heterocycles. The Morgan fingerprint density at radius 2 is 1.76 bits per heavy atom. The Hall–Kier alpha value is -1.98. The summed E-state index contributed by atoms with van der Waals surface area (Å²) in [5.74, 6) is 0.955. The molecule has 29 heavy (non-hydrogen) atoms. The molecule has 1 amide bonds. The van der Waals surface area contributed by atoms with E-state index < -0.39 is 0 Å². The molecule has 2 fully saturated rings. The molecule has 0 radical (unpaired) electrons. The molecule has 4 rings (SSSR count). The summed E-state index contributed by atoms with van der Waals surface area (Å²) in [5, 5.41) is 0. The molecule has 2 saturated heterocycles. The normalized spacial score (nSPS) is 18.2. The summed E-state index contributed by atoms with van der Waals surface area (Å²) in [6.07, 6.45) is 6.60. The van der Waals surface area contributed by atoms with Gasteiger partial charge in [0.25, 0.3) is 5.91 Å². The molecule has 2 aromatic rings. The van der Waals surface area contributed by atoms with Gasteiger partial charge in [-0.05, 0) is 67.8 Å². The molecule has 0 spiro atoms. The standard InChI is InChI=1S/C24H30N2O2S/c1-29-23-9-7-19(8-10-23)18-25-15-11-21(12-16-25)28-22-6-4-5-20(17-22)24(27)26-13-2-3-14-26/h4-10,17,21H,2-3,11-16,18H2,1H3. The first-order valence-electron chi connectivity index (χ1n) is 10.6. The Morgan fingerprint density at radius 3 is 2.45 bits per heavy atom. The highest BCUT2D eigenvalue weighted by Crippen LogP contribution is 2.23. The van der Waals surface area contributed by atoms with Crippen LogP contribution in [0.5, 0.6) is 5.75 Å². The number of rotatable bonds is 6. The lowest BCUT2D eigenvalue weighted by Crippen LogP contribution is -2.37. The fourth-order valence-corrected chi connectivity index (χ4v) is 4.58. The van der Waals surface area contributed by atoms with E-state index in [9.17, 15) is 4.79 Å². The van der Waals surface area contributed by atoms with Crippen LogP contribution < -0.4 is 4.74 Å². The van der Waals surface area contributed by atoms with Gasteiger partial charge in [0.15, 0.2) is 0 Å². The Balaban J connectivity index is 1.28. The van der Waals surface area contributed by atoms with Crippen molar-refractivity contribution < 1.29 is 9.53 Å². The Morgan fingerprint density at radius 1 is 1.03 bits per heavy atom. The van der Waals surface area contributed by atoms with Crippen molar-refractivity contribution >= 4 is 17.7 Å². The van der Waals surface area contributed by atoms with Crippen LogP contribution in [0.25, 0.3) is 0 Å². The third-order valence-corrected chi connectivity index (χ3v) is 6.62. The summed E-state index contributed by atoms with van der Waals surface area (Å²) < 4.78 is 6.24. The number of benzene rings is 2. The van der Waals surface area contributed by atoms with Gasteiger partial charge in [0.05, 0.1) is 0 Å². The Kier molecular flexibility index (Phi) is 6.78. The lowest BCUT2D eigenvalue weighted by atomic mass is 10.1.